The fourth-order valence-corrected chi connectivity index (χ4v) is 20.5. The second-order valence-corrected chi connectivity index (χ2v) is 32.7. The summed E-state index contributed by atoms with van der Waals surface area (Å²) in [6, 6.07) is 116. The van der Waals surface area contributed by atoms with Gasteiger partial charge in [0.05, 0.1) is 33.1 Å². The molecule has 25 rings (SSSR count). The molecule has 0 saturated heterocycles. The van der Waals surface area contributed by atoms with E-state index < -0.39 is 0 Å². The number of aromatic nitrogens is 10. The van der Waals surface area contributed by atoms with E-state index in [1.165, 1.54) is 137 Å². The second kappa shape index (κ2) is 25.4. The summed E-state index contributed by atoms with van der Waals surface area (Å²) in [7, 11) is 0. The molecule has 0 amide bonds. The highest BCUT2D eigenvalue weighted by molar-refractivity contribution is 6.29. The van der Waals surface area contributed by atoms with Gasteiger partial charge < -0.3 is 13.7 Å². The van der Waals surface area contributed by atoms with Gasteiger partial charge in [0.25, 0.3) is 0 Å². The zero-order chi connectivity index (χ0) is 77.6. The molecule has 22 aromatic rings. The van der Waals surface area contributed by atoms with Crippen molar-refractivity contribution >= 4 is 97.7 Å². The molecule has 0 radical (unpaired) electrons. The Morgan fingerprint density at radius 1 is 0.263 bits per heavy atom. The molecule has 3 aliphatic carbocycles. The average Bonchev–Trinajstić information content (AvgIpc) is 1.52. The van der Waals surface area contributed by atoms with Gasteiger partial charge >= 0.3 is 0 Å². The molecule has 0 atom stereocenters. The summed E-state index contributed by atoms with van der Waals surface area (Å²) >= 11 is 0. The van der Waals surface area contributed by atoms with E-state index in [1.807, 2.05) is 18.2 Å². The molecule has 0 N–H and O–H groups in total. The van der Waals surface area contributed by atoms with Crippen LogP contribution in [0.1, 0.15) is 69.5 Å². The highest BCUT2D eigenvalue weighted by Crippen LogP contribution is 2.58. The van der Waals surface area contributed by atoms with Gasteiger partial charge in [-0.15, -0.1) is 0 Å². The Hall–Kier alpha value is -15.1. The first-order chi connectivity index (χ1) is 58.2. The fourth-order valence-electron chi connectivity index (χ4n) is 20.5. The fraction of sp³-hybridized carbons (Fsp3) is 0.0648. The first-order valence-electron chi connectivity index (χ1n) is 40.7. The lowest BCUT2D eigenvalue weighted by molar-refractivity contribution is 0.664. The molecule has 10 heteroatoms. The highest BCUT2D eigenvalue weighted by atomic mass is 15.1. The van der Waals surface area contributed by atoms with Gasteiger partial charge in [0, 0.05) is 107 Å². The maximum Gasteiger partial charge on any atom is 0.164 e. The van der Waals surface area contributed by atoms with E-state index in [9.17, 15) is 0 Å². The van der Waals surface area contributed by atoms with Crippen molar-refractivity contribution in [1.29, 1.82) is 0 Å². The second-order valence-electron chi connectivity index (χ2n) is 32.7. The SMILES string of the molecule is CC1(C)c2ccccc2-c2c1c1c(c3cc4c(cc23)Cc2ccccc2C4)c2ccccc2n1-c1cccc(-c2nc(-c3ccccc3)nc(-c3ccc(-c4ccc5cc6c(cc5c4)Cc4c(c5c7ccccc7n(-c7ccc8ccccc8c7)c5c5c4c4ccccc4n5-c4cc(-c5ncccn5)cc(-c5ncccn5)c4)C6)cc3)n2)c1. The Morgan fingerprint density at radius 3 is 1.38 bits per heavy atom. The van der Waals surface area contributed by atoms with Crippen LogP contribution in [0.3, 0.4) is 0 Å². The molecule has 6 aromatic heterocycles. The van der Waals surface area contributed by atoms with E-state index in [4.69, 9.17) is 34.9 Å². The standard InChI is InChI=1S/C108H70N10/c1-108(2)91-33-14-10-29-83(91)95-87-59-74-49-67-24-8-9-25-68(67)50-75(74)60-88(87)96-84-30-11-15-34-92(84)116(100(96)99(95)108)80-28-18-27-72(56-80)107-114-105(65-22-4-3-5-23-65)113-106(115-107)66-39-37-64(38-40-66)70-41-42-71-52-76-61-89-90(62-77(76)53-73(71)51-70)98-86-32-13-17-36-94(86)118(82-57-78(103-109-45-19-46-110-103)54-79(58-82)104-111-47-20-48-112-104)102(98)101-97(89)85-31-12-16-35-93(85)117(101)81-44-43-63-21-6-7-26-69(63)55-81/h3-48,51-60H,49-50,61-62H2,1-2H3. The molecule has 0 aliphatic heterocycles. The van der Waals surface area contributed by atoms with E-state index in [0.29, 0.717) is 29.1 Å². The Bertz CT molecular complexity index is 8010. The molecular formula is C108H70N10. The maximum absolute atomic E-state index is 5.45. The number of nitrogens with zero attached hydrogens (tertiary/aromatic N) is 10. The largest absolute Gasteiger partial charge is 0.309 e. The number of hydrogen-bond donors (Lipinski definition) is 0. The number of hydrogen-bond acceptors (Lipinski definition) is 7. The Labute approximate surface area is 679 Å². The van der Waals surface area contributed by atoms with Crippen molar-refractivity contribution < 1.29 is 0 Å². The molecule has 3 aliphatic rings. The van der Waals surface area contributed by atoms with Gasteiger partial charge in [-0.1, -0.05) is 238 Å². The molecule has 118 heavy (non-hydrogen) atoms. The third-order valence-corrected chi connectivity index (χ3v) is 25.8. The summed E-state index contributed by atoms with van der Waals surface area (Å²) in [6.45, 7) is 4.85. The summed E-state index contributed by atoms with van der Waals surface area (Å²) in [5, 5.41) is 14.9. The van der Waals surface area contributed by atoms with E-state index >= 15 is 0 Å². The number of rotatable bonds is 9. The zero-order valence-corrected chi connectivity index (χ0v) is 64.6. The molecular weight excluding hydrogens is 1440 g/mol. The monoisotopic (exact) mass is 1510 g/mol. The topological polar surface area (TPSA) is 105 Å². The predicted molar refractivity (Wildman–Crippen MR) is 481 cm³/mol. The lowest BCUT2D eigenvalue weighted by atomic mass is 9.79. The molecule has 0 fully saturated rings. The quantitative estimate of drug-likeness (QED) is 0.142. The van der Waals surface area contributed by atoms with Crippen LogP contribution in [0.5, 0.6) is 0 Å². The summed E-state index contributed by atoms with van der Waals surface area (Å²) < 4.78 is 7.58. The third kappa shape index (κ3) is 10.0. The molecule has 10 nitrogen and oxygen atoms in total. The minimum atomic E-state index is -0.308. The molecule has 6 heterocycles. The van der Waals surface area contributed by atoms with Crippen LogP contribution in [0.2, 0.25) is 0 Å². The Morgan fingerprint density at radius 2 is 0.729 bits per heavy atom. The summed E-state index contributed by atoms with van der Waals surface area (Å²) in [5.74, 6) is 3.07. The first-order valence-corrected chi connectivity index (χ1v) is 40.7. The number of benzene rings is 16. The van der Waals surface area contributed by atoms with Crippen LogP contribution in [0, 0.1) is 0 Å². The van der Waals surface area contributed by atoms with Crippen LogP contribution in [0.25, 0.3) is 194 Å². The van der Waals surface area contributed by atoms with Gasteiger partial charge in [-0.3, -0.25) is 0 Å². The normalized spacial score (nSPS) is 13.3. The van der Waals surface area contributed by atoms with Crippen molar-refractivity contribution in [2.45, 2.75) is 44.9 Å². The van der Waals surface area contributed by atoms with Crippen LogP contribution >= 0.6 is 0 Å². The van der Waals surface area contributed by atoms with Crippen molar-refractivity contribution in [3.05, 3.63) is 396 Å². The van der Waals surface area contributed by atoms with Gasteiger partial charge in [-0.05, 0) is 227 Å². The van der Waals surface area contributed by atoms with Crippen LogP contribution in [0.15, 0.2) is 340 Å². The predicted octanol–water partition coefficient (Wildman–Crippen LogP) is 25.5. The van der Waals surface area contributed by atoms with Crippen LogP contribution in [0.4, 0.5) is 0 Å². The van der Waals surface area contributed by atoms with Crippen molar-refractivity contribution in [1.82, 2.24) is 48.6 Å². The third-order valence-electron chi connectivity index (χ3n) is 25.8. The maximum atomic E-state index is 5.45. The zero-order valence-electron chi connectivity index (χ0n) is 64.6. The Kier molecular flexibility index (Phi) is 14.3. The summed E-state index contributed by atoms with van der Waals surface area (Å²) in [6.07, 6.45) is 10.6. The minimum Gasteiger partial charge on any atom is -0.309 e. The van der Waals surface area contributed by atoms with Gasteiger partial charge in [0.1, 0.15) is 0 Å². The van der Waals surface area contributed by atoms with Crippen LogP contribution in [-0.2, 0) is 31.1 Å². The van der Waals surface area contributed by atoms with Crippen LogP contribution in [-0.4, -0.2) is 48.6 Å². The molecule has 0 spiro atoms. The Balaban J connectivity index is 0.613. The number of fused-ring (bicyclic) bond motifs is 25. The lowest BCUT2D eigenvalue weighted by Gasteiger charge is -2.25. The van der Waals surface area contributed by atoms with Crippen LogP contribution < -0.4 is 0 Å². The van der Waals surface area contributed by atoms with Gasteiger partial charge in [0.15, 0.2) is 29.1 Å². The average molecular weight is 1510 g/mol. The van der Waals surface area contributed by atoms with Crippen molar-refractivity contribution in [2.24, 2.45) is 0 Å². The number of para-hydroxylation sites is 3. The molecule has 0 unspecified atom stereocenters. The van der Waals surface area contributed by atoms with E-state index in [-0.39, 0.29) is 5.41 Å². The van der Waals surface area contributed by atoms with Gasteiger partial charge in [-0.25, -0.2) is 34.9 Å². The summed E-state index contributed by atoms with van der Waals surface area (Å²) in [4.78, 5) is 35.4. The first kappa shape index (κ1) is 66.3. The molecule has 0 saturated carbocycles. The van der Waals surface area contributed by atoms with E-state index in [0.717, 1.165) is 109 Å². The van der Waals surface area contributed by atoms with Crippen molar-refractivity contribution in [2.75, 3.05) is 0 Å². The van der Waals surface area contributed by atoms with E-state index in [2.05, 4.69) is 325 Å². The van der Waals surface area contributed by atoms with Gasteiger partial charge in [-0.2, -0.15) is 0 Å². The smallest absolute Gasteiger partial charge is 0.164 e. The van der Waals surface area contributed by atoms with Crippen molar-refractivity contribution in [3.63, 3.8) is 0 Å². The molecule has 16 aromatic carbocycles. The minimum absolute atomic E-state index is 0.308. The summed E-state index contributed by atoms with van der Waals surface area (Å²) in [5.41, 5.74) is 32.9. The highest BCUT2D eigenvalue weighted by Gasteiger charge is 2.41. The van der Waals surface area contributed by atoms with E-state index in [1.54, 1.807) is 24.8 Å². The molecule has 552 valence electrons. The van der Waals surface area contributed by atoms with Crippen molar-refractivity contribution in [3.8, 4) is 96.3 Å². The van der Waals surface area contributed by atoms with Gasteiger partial charge in [0.2, 0.25) is 0 Å². The lowest BCUT2D eigenvalue weighted by Crippen LogP contribution is -2.17. The molecule has 0 bridgehead atoms.